The summed E-state index contributed by atoms with van der Waals surface area (Å²) < 4.78 is 20.2. The monoisotopic (exact) mass is 414 g/mol. The lowest BCUT2D eigenvalue weighted by Crippen LogP contribution is -2.30. The van der Waals surface area contributed by atoms with Gasteiger partial charge < -0.3 is 9.32 Å². The first-order valence-corrected chi connectivity index (χ1v) is 10.7. The van der Waals surface area contributed by atoms with Crippen molar-refractivity contribution >= 4 is 17.0 Å². The molecule has 1 aliphatic rings. The number of likely N-dealkylation sites (tertiary alicyclic amines) is 1. The molecule has 0 bridgehead atoms. The van der Waals surface area contributed by atoms with Gasteiger partial charge in [-0.15, -0.1) is 0 Å². The number of hydrogen-bond donors (Lipinski definition) is 0. The van der Waals surface area contributed by atoms with Crippen LogP contribution in [0.3, 0.4) is 0 Å². The number of amides is 1. The zero-order valence-electron chi connectivity index (χ0n) is 17.1. The highest BCUT2D eigenvalue weighted by Gasteiger charge is 2.33. The van der Waals surface area contributed by atoms with Crippen molar-refractivity contribution < 1.29 is 13.6 Å². The molecule has 1 aliphatic heterocycles. The number of benzene rings is 3. The minimum absolute atomic E-state index is 0.126. The minimum Gasteiger partial charge on any atom is -0.438 e. The molecule has 2 heterocycles. The van der Waals surface area contributed by atoms with Gasteiger partial charge in [0, 0.05) is 18.5 Å². The Labute approximate surface area is 180 Å². The predicted molar refractivity (Wildman–Crippen MR) is 118 cm³/mol. The van der Waals surface area contributed by atoms with E-state index in [1.807, 2.05) is 59.5 Å². The van der Waals surface area contributed by atoms with E-state index in [2.05, 4.69) is 4.98 Å². The second kappa shape index (κ2) is 8.34. The minimum atomic E-state index is -0.267. The van der Waals surface area contributed by atoms with Gasteiger partial charge in [-0.3, -0.25) is 4.79 Å². The lowest BCUT2D eigenvalue weighted by molar-refractivity contribution is -0.132. The largest absolute Gasteiger partial charge is 0.438 e. The molecule has 5 heteroatoms. The van der Waals surface area contributed by atoms with E-state index in [1.165, 1.54) is 6.07 Å². The fraction of sp³-hybridized carbons (Fsp3) is 0.231. The van der Waals surface area contributed by atoms with Crippen molar-refractivity contribution in [3.63, 3.8) is 0 Å². The number of hydrogen-bond acceptors (Lipinski definition) is 3. The molecule has 0 aliphatic carbocycles. The molecule has 0 saturated carbocycles. The van der Waals surface area contributed by atoms with Crippen molar-refractivity contribution in [2.24, 2.45) is 0 Å². The quantitative estimate of drug-likeness (QED) is 0.407. The maximum absolute atomic E-state index is 14.2. The van der Waals surface area contributed by atoms with Crippen LogP contribution in [-0.4, -0.2) is 22.3 Å². The van der Waals surface area contributed by atoms with Crippen LogP contribution in [0.15, 0.2) is 77.2 Å². The van der Waals surface area contributed by atoms with Crippen molar-refractivity contribution in [1.82, 2.24) is 9.88 Å². The number of carbonyl (C=O) groups excluding carboxylic acids is 1. The van der Waals surface area contributed by atoms with Gasteiger partial charge in [-0.2, -0.15) is 0 Å². The van der Waals surface area contributed by atoms with Crippen molar-refractivity contribution in [3.8, 4) is 11.1 Å². The number of rotatable bonds is 5. The molecular formula is C26H23FN2O2. The average molecular weight is 414 g/mol. The normalized spacial score (nSPS) is 16.2. The Kier molecular flexibility index (Phi) is 5.24. The number of oxazole rings is 1. The molecule has 0 spiro atoms. The van der Waals surface area contributed by atoms with E-state index in [9.17, 15) is 9.18 Å². The molecule has 1 atom stereocenters. The van der Waals surface area contributed by atoms with Crippen LogP contribution in [-0.2, 0) is 11.2 Å². The molecule has 1 aromatic heterocycles. The Morgan fingerprint density at radius 2 is 1.87 bits per heavy atom. The molecule has 0 N–H and O–H groups in total. The molecule has 156 valence electrons. The van der Waals surface area contributed by atoms with E-state index in [0.29, 0.717) is 29.0 Å². The second-order valence-corrected chi connectivity index (χ2v) is 7.95. The highest BCUT2D eigenvalue weighted by atomic mass is 19.1. The fourth-order valence-corrected chi connectivity index (χ4v) is 4.31. The third-order valence-electron chi connectivity index (χ3n) is 5.92. The van der Waals surface area contributed by atoms with Gasteiger partial charge in [-0.1, -0.05) is 54.6 Å². The third kappa shape index (κ3) is 3.96. The summed E-state index contributed by atoms with van der Waals surface area (Å²) >= 11 is 0. The summed E-state index contributed by atoms with van der Waals surface area (Å²) in [6.45, 7) is 0.720. The second-order valence-electron chi connectivity index (χ2n) is 7.95. The van der Waals surface area contributed by atoms with Crippen LogP contribution >= 0.6 is 0 Å². The summed E-state index contributed by atoms with van der Waals surface area (Å²) in [7, 11) is 0. The maximum Gasteiger partial charge on any atom is 0.223 e. The summed E-state index contributed by atoms with van der Waals surface area (Å²) in [5, 5.41) is 0. The lowest BCUT2D eigenvalue weighted by Gasteiger charge is -2.22. The third-order valence-corrected chi connectivity index (χ3v) is 5.92. The van der Waals surface area contributed by atoms with E-state index in [0.717, 1.165) is 36.9 Å². The average Bonchev–Trinajstić information content (AvgIpc) is 3.45. The Hall–Kier alpha value is -3.47. The van der Waals surface area contributed by atoms with Gasteiger partial charge in [-0.25, -0.2) is 9.37 Å². The Morgan fingerprint density at radius 3 is 2.71 bits per heavy atom. The van der Waals surface area contributed by atoms with Gasteiger partial charge >= 0.3 is 0 Å². The number of nitrogens with zero attached hydrogens (tertiary/aromatic N) is 2. The molecule has 0 radical (unpaired) electrons. The number of carbonyl (C=O) groups is 1. The fourth-order valence-electron chi connectivity index (χ4n) is 4.31. The van der Waals surface area contributed by atoms with E-state index in [4.69, 9.17) is 4.42 Å². The van der Waals surface area contributed by atoms with Gasteiger partial charge in [0.05, 0.1) is 0 Å². The molecule has 1 fully saturated rings. The van der Waals surface area contributed by atoms with Gasteiger partial charge in [0.25, 0.3) is 0 Å². The van der Waals surface area contributed by atoms with Gasteiger partial charge in [0.1, 0.15) is 17.4 Å². The Bertz CT molecular complexity index is 1220. The highest BCUT2D eigenvalue weighted by Crippen LogP contribution is 2.35. The lowest BCUT2D eigenvalue weighted by atomic mass is 10.0. The van der Waals surface area contributed by atoms with E-state index >= 15 is 0 Å². The summed E-state index contributed by atoms with van der Waals surface area (Å²) in [6, 6.07) is 22.1. The van der Waals surface area contributed by atoms with Crippen LogP contribution in [0.1, 0.15) is 36.8 Å². The first kappa shape index (κ1) is 19.5. The molecule has 5 rings (SSSR count). The predicted octanol–water partition coefficient (Wildman–Crippen LogP) is 5.93. The Balaban J connectivity index is 1.36. The molecule has 1 saturated heterocycles. The van der Waals surface area contributed by atoms with Crippen molar-refractivity contribution in [1.29, 1.82) is 0 Å². The first-order chi connectivity index (χ1) is 15.2. The van der Waals surface area contributed by atoms with Gasteiger partial charge in [-0.05, 0) is 48.6 Å². The summed E-state index contributed by atoms with van der Waals surface area (Å²) in [4.78, 5) is 19.5. The zero-order chi connectivity index (χ0) is 21.2. The van der Waals surface area contributed by atoms with Crippen LogP contribution in [0.25, 0.3) is 22.2 Å². The van der Waals surface area contributed by atoms with Crippen molar-refractivity contribution in [2.75, 3.05) is 6.54 Å². The molecular weight excluding hydrogens is 391 g/mol. The summed E-state index contributed by atoms with van der Waals surface area (Å²) in [5.74, 6) is 0.420. The number of aryl methyl sites for hydroxylation is 1. The molecule has 1 amide bonds. The van der Waals surface area contributed by atoms with E-state index in [-0.39, 0.29) is 17.8 Å². The number of halogens is 1. The van der Waals surface area contributed by atoms with Crippen LogP contribution in [0.2, 0.25) is 0 Å². The van der Waals surface area contributed by atoms with Crippen molar-refractivity contribution in [3.05, 3.63) is 90.1 Å². The molecule has 31 heavy (non-hydrogen) atoms. The maximum atomic E-state index is 14.2. The SMILES string of the molecule is O=C(CCc1ccccc1)N1CCC[C@H]1c1nc2cc(-c3ccccc3F)ccc2o1. The van der Waals surface area contributed by atoms with Gasteiger partial charge in [0.2, 0.25) is 11.8 Å². The van der Waals surface area contributed by atoms with Gasteiger partial charge in [0.15, 0.2) is 5.58 Å². The standard InChI is InChI=1S/C26H23FN2O2/c27-21-10-5-4-9-20(21)19-13-14-24-22(17-19)28-26(31-24)23-11-6-16-29(23)25(30)15-12-18-7-2-1-3-8-18/h1-5,7-10,13-14,17,23H,6,11-12,15-16H2/t23-/m0/s1. The highest BCUT2D eigenvalue weighted by molar-refractivity contribution is 5.81. The molecule has 0 unspecified atom stereocenters. The summed E-state index contributed by atoms with van der Waals surface area (Å²) in [6.07, 6.45) is 2.96. The first-order valence-electron chi connectivity index (χ1n) is 10.7. The smallest absolute Gasteiger partial charge is 0.223 e. The van der Waals surface area contributed by atoms with E-state index < -0.39 is 0 Å². The topological polar surface area (TPSA) is 46.3 Å². The molecule has 4 nitrogen and oxygen atoms in total. The van der Waals surface area contributed by atoms with E-state index in [1.54, 1.807) is 12.1 Å². The Morgan fingerprint density at radius 1 is 1.06 bits per heavy atom. The molecule has 3 aromatic carbocycles. The van der Waals surface area contributed by atoms with Crippen LogP contribution in [0.4, 0.5) is 4.39 Å². The molecule has 4 aromatic rings. The van der Waals surface area contributed by atoms with Crippen LogP contribution < -0.4 is 0 Å². The van der Waals surface area contributed by atoms with Crippen LogP contribution in [0, 0.1) is 5.82 Å². The number of fused-ring (bicyclic) bond motifs is 1. The summed E-state index contributed by atoms with van der Waals surface area (Å²) in [5.41, 5.74) is 3.78. The van der Waals surface area contributed by atoms with Crippen molar-refractivity contribution in [2.45, 2.75) is 31.7 Å². The zero-order valence-corrected chi connectivity index (χ0v) is 17.1. The van der Waals surface area contributed by atoms with Crippen LogP contribution in [0.5, 0.6) is 0 Å². The number of aromatic nitrogens is 1.